The number of rotatable bonds is 5. The molecule has 0 aliphatic heterocycles. The van der Waals surface area contributed by atoms with E-state index in [0.29, 0.717) is 0 Å². The molecule has 0 aromatic carbocycles. The molecule has 0 aliphatic carbocycles. The van der Waals surface area contributed by atoms with Gasteiger partial charge in [0.15, 0.2) is 0 Å². The molecule has 0 spiro atoms. The molecule has 0 heterocycles. The Morgan fingerprint density at radius 3 is 2.31 bits per heavy atom. The summed E-state index contributed by atoms with van der Waals surface area (Å²) < 4.78 is 0. The second kappa shape index (κ2) is 8.10. The molecule has 0 rings (SSSR count). The Morgan fingerprint density at radius 1 is 1.23 bits per heavy atom. The summed E-state index contributed by atoms with van der Waals surface area (Å²) in [6.07, 6.45) is 1.37. The predicted molar refractivity (Wildman–Crippen MR) is 55.6 cm³/mol. The van der Waals surface area contributed by atoms with Crippen LogP contribution in [-0.4, -0.2) is 30.8 Å². The van der Waals surface area contributed by atoms with E-state index in [1.807, 2.05) is 0 Å². The molecule has 2 heteroatoms. The molecule has 0 aromatic rings. The van der Waals surface area contributed by atoms with E-state index in [4.69, 9.17) is 0 Å². The molecule has 76 valence electrons. The van der Waals surface area contributed by atoms with E-state index in [1.54, 1.807) is 0 Å². The van der Waals surface area contributed by atoms with E-state index < -0.39 is 6.10 Å². The highest BCUT2D eigenvalue weighted by Gasteiger charge is 1.98. The van der Waals surface area contributed by atoms with Crippen LogP contribution in [-0.2, 0) is 0 Å². The smallest absolute Gasteiger partial charge is 0.139 e. The summed E-state index contributed by atoms with van der Waals surface area (Å²) in [5.41, 5.74) is 0. The van der Waals surface area contributed by atoms with Gasteiger partial charge < -0.3 is 10.0 Å². The van der Waals surface area contributed by atoms with Crippen molar-refractivity contribution >= 4 is 0 Å². The van der Waals surface area contributed by atoms with Crippen LogP contribution >= 0.6 is 0 Å². The third kappa shape index (κ3) is 6.62. The van der Waals surface area contributed by atoms with Gasteiger partial charge in [-0.3, -0.25) is 0 Å². The largest absolute Gasteiger partial charge is 0.380 e. The molecule has 0 saturated carbocycles. The molecule has 2 N–H and O–H groups in total. The van der Waals surface area contributed by atoms with Gasteiger partial charge in [-0.1, -0.05) is 19.3 Å². The van der Waals surface area contributed by atoms with E-state index in [0.717, 1.165) is 32.5 Å². The molecule has 0 unspecified atom stereocenters. The molecule has 0 bridgehead atoms. The van der Waals surface area contributed by atoms with Gasteiger partial charge in [-0.15, -0.1) is 0 Å². The lowest BCUT2D eigenvalue weighted by molar-refractivity contribution is -0.889. The normalized spacial score (nSPS) is 12.4. The van der Waals surface area contributed by atoms with Crippen LogP contribution in [0, 0.1) is 11.8 Å². The second-order valence-corrected chi connectivity index (χ2v) is 3.26. The third-order valence-electron chi connectivity index (χ3n) is 2.17. The second-order valence-electron chi connectivity index (χ2n) is 3.26. The van der Waals surface area contributed by atoms with Crippen molar-refractivity contribution in [1.82, 2.24) is 0 Å². The number of aliphatic hydroxyl groups is 1. The van der Waals surface area contributed by atoms with Crippen LogP contribution in [0.25, 0.3) is 0 Å². The van der Waals surface area contributed by atoms with Gasteiger partial charge in [-0.05, 0) is 26.2 Å². The number of nitrogens with one attached hydrogen (secondary N) is 1. The molecular weight excluding hydrogens is 162 g/mol. The standard InChI is InChI=1S/C11H21NO/c1-4-8-11(13)9-7-10-12(5-2)6-3/h11,13H,4-6,8,10H2,1-3H3/p+1/t11-/m1/s1. The molecule has 13 heavy (non-hydrogen) atoms. The maximum atomic E-state index is 9.32. The Balaban J connectivity index is 3.69. The zero-order valence-corrected chi connectivity index (χ0v) is 9.06. The molecular formula is C11H22NO+. The minimum absolute atomic E-state index is 0.417. The number of hydrogen-bond donors (Lipinski definition) is 2. The van der Waals surface area contributed by atoms with Crippen molar-refractivity contribution < 1.29 is 10.0 Å². The fourth-order valence-electron chi connectivity index (χ4n) is 1.14. The molecule has 0 amide bonds. The van der Waals surface area contributed by atoms with Crippen LogP contribution in [0.1, 0.15) is 33.6 Å². The van der Waals surface area contributed by atoms with E-state index in [2.05, 4.69) is 32.6 Å². The average Bonchev–Trinajstić information content (AvgIpc) is 2.13. The first-order chi connectivity index (χ1) is 6.24. The third-order valence-corrected chi connectivity index (χ3v) is 2.17. The molecule has 0 aromatic heterocycles. The Labute approximate surface area is 81.9 Å². The summed E-state index contributed by atoms with van der Waals surface area (Å²) in [5.74, 6) is 5.90. The number of aliphatic hydroxyl groups excluding tert-OH is 1. The van der Waals surface area contributed by atoms with Crippen LogP contribution in [0.5, 0.6) is 0 Å². The zero-order chi connectivity index (χ0) is 10.1. The van der Waals surface area contributed by atoms with E-state index in [-0.39, 0.29) is 0 Å². The maximum absolute atomic E-state index is 9.32. The summed E-state index contributed by atoms with van der Waals surface area (Å²) >= 11 is 0. The lowest BCUT2D eigenvalue weighted by Crippen LogP contribution is -3.11. The number of quaternary nitrogens is 1. The Kier molecular flexibility index (Phi) is 7.77. The summed E-state index contributed by atoms with van der Waals surface area (Å²) in [4.78, 5) is 1.47. The van der Waals surface area contributed by atoms with Crippen molar-refractivity contribution in [2.24, 2.45) is 0 Å². The predicted octanol–water partition coefficient (Wildman–Crippen LogP) is 0.0755. The van der Waals surface area contributed by atoms with E-state index >= 15 is 0 Å². The van der Waals surface area contributed by atoms with Gasteiger partial charge in [-0.25, -0.2) is 0 Å². The highest BCUT2D eigenvalue weighted by molar-refractivity contribution is 5.04. The fourth-order valence-corrected chi connectivity index (χ4v) is 1.14. The molecule has 0 aliphatic rings. The van der Waals surface area contributed by atoms with Crippen molar-refractivity contribution in [2.75, 3.05) is 19.6 Å². The lowest BCUT2D eigenvalue weighted by Gasteiger charge is -2.10. The topological polar surface area (TPSA) is 24.7 Å². The van der Waals surface area contributed by atoms with Crippen LogP contribution in [0.4, 0.5) is 0 Å². The molecule has 2 nitrogen and oxygen atoms in total. The first kappa shape index (κ1) is 12.5. The van der Waals surface area contributed by atoms with Gasteiger partial charge >= 0.3 is 0 Å². The van der Waals surface area contributed by atoms with Crippen LogP contribution in [0.3, 0.4) is 0 Å². The number of hydrogen-bond acceptors (Lipinski definition) is 1. The van der Waals surface area contributed by atoms with Gasteiger partial charge in [0.2, 0.25) is 0 Å². The van der Waals surface area contributed by atoms with Crippen molar-refractivity contribution in [3.8, 4) is 11.8 Å². The molecule has 0 radical (unpaired) electrons. The Bertz CT molecular complexity index is 165. The molecule has 1 atom stereocenters. The van der Waals surface area contributed by atoms with Crippen molar-refractivity contribution in [3.63, 3.8) is 0 Å². The Hall–Kier alpha value is -0.520. The van der Waals surface area contributed by atoms with Gasteiger partial charge in [0.05, 0.1) is 13.1 Å². The van der Waals surface area contributed by atoms with E-state index in [9.17, 15) is 5.11 Å². The summed E-state index contributed by atoms with van der Waals surface area (Å²) in [6, 6.07) is 0. The van der Waals surface area contributed by atoms with Crippen LogP contribution in [0.15, 0.2) is 0 Å². The fraction of sp³-hybridized carbons (Fsp3) is 0.818. The average molecular weight is 184 g/mol. The van der Waals surface area contributed by atoms with Crippen molar-refractivity contribution in [1.29, 1.82) is 0 Å². The summed E-state index contributed by atoms with van der Waals surface area (Å²) in [7, 11) is 0. The van der Waals surface area contributed by atoms with Gasteiger partial charge in [0, 0.05) is 0 Å². The minimum atomic E-state index is -0.417. The van der Waals surface area contributed by atoms with E-state index in [1.165, 1.54) is 4.90 Å². The molecule has 0 saturated heterocycles. The Morgan fingerprint density at radius 2 is 1.85 bits per heavy atom. The first-order valence-corrected chi connectivity index (χ1v) is 5.24. The van der Waals surface area contributed by atoms with Crippen molar-refractivity contribution in [3.05, 3.63) is 0 Å². The quantitative estimate of drug-likeness (QED) is 0.581. The minimum Gasteiger partial charge on any atom is -0.380 e. The lowest BCUT2D eigenvalue weighted by atomic mass is 10.2. The first-order valence-electron chi connectivity index (χ1n) is 5.24. The van der Waals surface area contributed by atoms with Crippen LogP contribution in [0.2, 0.25) is 0 Å². The summed E-state index contributed by atoms with van der Waals surface area (Å²) in [5, 5.41) is 9.32. The summed E-state index contributed by atoms with van der Waals surface area (Å²) in [6.45, 7) is 9.43. The van der Waals surface area contributed by atoms with Crippen molar-refractivity contribution in [2.45, 2.75) is 39.7 Å². The SMILES string of the molecule is CCC[C@@H](O)C#CC[NH+](CC)CC. The van der Waals surface area contributed by atoms with Gasteiger partial charge in [-0.2, -0.15) is 0 Å². The highest BCUT2D eigenvalue weighted by Crippen LogP contribution is 1.92. The van der Waals surface area contributed by atoms with Gasteiger partial charge in [0.25, 0.3) is 0 Å². The highest BCUT2D eigenvalue weighted by atomic mass is 16.3. The molecule has 0 fully saturated rings. The van der Waals surface area contributed by atoms with Gasteiger partial charge in [0.1, 0.15) is 12.6 Å². The zero-order valence-electron chi connectivity index (χ0n) is 9.06. The van der Waals surface area contributed by atoms with Crippen LogP contribution < -0.4 is 4.90 Å². The monoisotopic (exact) mass is 184 g/mol. The maximum Gasteiger partial charge on any atom is 0.139 e.